The molecule has 2 rings (SSSR count). The van der Waals surface area contributed by atoms with Gasteiger partial charge in [-0.1, -0.05) is 0 Å². The number of nitro groups is 1. The quantitative estimate of drug-likeness (QED) is 0.558. The van der Waals surface area contributed by atoms with Crippen LogP contribution in [0.5, 0.6) is 0 Å². The molecule has 88 valence electrons. The number of nitrogens with zero attached hydrogens (tertiary/aromatic N) is 4. The monoisotopic (exact) mass is 228 g/mol. The van der Waals surface area contributed by atoms with Gasteiger partial charge in [0.05, 0.1) is 11.0 Å². The Kier molecular flexibility index (Phi) is 2.63. The highest BCUT2D eigenvalue weighted by Crippen LogP contribution is 2.27. The molecule has 0 spiro atoms. The molecule has 2 atom stereocenters. The lowest BCUT2D eigenvalue weighted by Gasteiger charge is -2.13. The Labute approximate surface area is 91.8 Å². The minimum atomic E-state index is -1.02. The number of rotatable bonds is 2. The summed E-state index contributed by atoms with van der Waals surface area (Å²) in [6.07, 6.45) is 0.156. The van der Waals surface area contributed by atoms with Gasteiger partial charge in [-0.3, -0.25) is 14.8 Å². The SMILES string of the molecule is Cc1c([N+](=O)[O-])cnn1C1CN(C)CC1F. The van der Waals surface area contributed by atoms with Gasteiger partial charge >= 0.3 is 5.69 Å². The molecule has 0 aliphatic carbocycles. The Bertz CT molecular complexity index is 420. The number of hydrogen-bond acceptors (Lipinski definition) is 4. The first-order valence-electron chi connectivity index (χ1n) is 5.02. The highest BCUT2D eigenvalue weighted by Gasteiger charge is 2.35. The first-order valence-corrected chi connectivity index (χ1v) is 5.02. The van der Waals surface area contributed by atoms with Gasteiger partial charge < -0.3 is 4.90 Å². The van der Waals surface area contributed by atoms with Crippen LogP contribution in [0.4, 0.5) is 10.1 Å². The molecular weight excluding hydrogens is 215 g/mol. The van der Waals surface area contributed by atoms with Crippen molar-refractivity contribution in [2.24, 2.45) is 0 Å². The molecular formula is C9H13FN4O2. The number of halogens is 1. The van der Waals surface area contributed by atoms with Crippen molar-refractivity contribution in [1.29, 1.82) is 0 Å². The van der Waals surface area contributed by atoms with Crippen molar-refractivity contribution in [2.45, 2.75) is 19.1 Å². The van der Waals surface area contributed by atoms with E-state index >= 15 is 0 Å². The van der Waals surface area contributed by atoms with E-state index in [0.717, 1.165) is 0 Å². The molecule has 1 aliphatic heterocycles. The van der Waals surface area contributed by atoms with Crippen LogP contribution in [0.15, 0.2) is 6.20 Å². The molecule has 1 saturated heterocycles. The van der Waals surface area contributed by atoms with Gasteiger partial charge in [-0.05, 0) is 14.0 Å². The third kappa shape index (κ3) is 1.67. The maximum Gasteiger partial charge on any atom is 0.309 e. The normalized spacial score (nSPS) is 26.2. The lowest BCUT2D eigenvalue weighted by Crippen LogP contribution is -2.21. The molecule has 0 aromatic carbocycles. The molecule has 2 unspecified atom stereocenters. The van der Waals surface area contributed by atoms with E-state index in [1.54, 1.807) is 6.92 Å². The third-order valence-corrected chi connectivity index (χ3v) is 2.93. The molecule has 0 bridgehead atoms. The minimum Gasteiger partial charge on any atom is -0.301 e. The largest absolute Gasteiger partial charge is 0.309 e. The Morgan fingerprint density at radius 2 is 2.31 bits per heavy atom. The Morgan fingerprint density at radius 3 is 2.75 bits per heavy atom. The summed E-state index contributed by atoms with van der Waals surface area (Å²) in [5, 5.41) is 14.6. The zero-order chi connectivity index (χ0) is 11.9. The van der Waals surface area contributed by atoms with Crippen molar-refractivity contribution in [1.82, 2.24) is 14.7 Å². The van der Waals surface area contributed by atoms with E-state index in [2.05, 4.69) is 5.10 Å². The highest BCUT2D eigenvalue weighted by atomic mass is 19.1. The summed E-state index contributed by atoms with van der Waals surface area (Å²) in [5.74, 6) is 0. The maximum atomic E-state index is 13.6. The predicted molar refractivity (Wildman–Crippen MR) is 55.0 cm³/mol. The van der Waals surface area contributed by atoms with E-state index in [9.17, 15) is 14.5 Å². The first-order chi connectivity index (χ1) is 7.50. The molecule has 0 N–H and O–H groups in total. The number of likely N-dealkylation sites (N-methyl/N-ethyl adjacent to an activating group) is 1. The number of likely N-dealkylation sites (tertiary alicyclic amines) is 1. The minimum absolute atomic E-state index is 0.0539. The summed E-state index contributed by atoms with van der Waals surface area (Å²) in [7, 11) is 1.82. The molecule has 0 amide bonds. The summed E-state index contributed by atoms with van der Waals surface area (Å²) >= 11 is 0. The summed E-state index contributed by atoms with van der Waals surface area (Å²) in [4.78, 5) is 12.0. The molecule has 1 aromatic heterocycles. The molecule has 1 aliphatic rings. The van der Waals surface area contributed by atoms with Crippen molar-refractivity contribution < 1.29 is 9.31 Å². The first kappa shape index (κ1) is 11.0. The maximum absolute atomic E-state index is 13.6. The van der Waals surface area contributed by atoms with E-state index in [0.29, 0.717) is 18.8 Å². The number of alkyl halides is 1. The van der Waals surface area contributed by atoms with Crippen LogP contribution in [0, 0.1) is 17.0 Å². The average Bonchev–Trinajstić information content (AvgIpc) is 2.69. The van der Waals surface area contributed by atoms with Crippen molar-refractivity contribution >= 4 is 5.69 Å². The topological polar surface area (TPSA) is 64.2 Å². The van der Waals surface area contributed by atoms with Gasteiger partial charge in [-0.25, -0.2) is 4.39 Å². The summed E-state index contributed by atoms with van der Waals surface area (Å²) in [5.41, 5.74) is 0.356. The van der Waals surface area contributed by atoms with Crippen molar-refractivity contribution in [2.75, 3.05) is 20.1 Å². The zero-order valence-electron chi connectivity index (χ0n) is 9.13. The summed E-state index contributed by atoms with van der Waals surface area (Å²) in [6.45, 7) is 2.47. The summed E-state index contributed by atoms with van der Waals surface area (Å²) in [6, 6.07) is -0.418. The van der Waals surface area contributed by atoms with E-state index in [4.69, 9.17) is 0 Å². The van der Waals surface area contributed by atoms with Crippen molar-refractivity contribution in [3.05, 3.63) is 22.0 Å². The lowest BCUT2D eigenvalue weighted by atomic mass is 10.2. The van der Waals surface area contributed by atoms with Crippen LogP contribution in [0.1, 0.15) is 11.7 Å². The van der Waals surface area contributed by atoms with Crippen molar-refractivity contribution in [3.63, 3.8) is 0 Å². The third-order valence-electron chi connectivity index (χ3n) is 2.93. The van der Waals surface area contributed by atoms with E-state index in [-0.39, 0.29) is 5.69 Å². The molecule has 16 heavy (non-hydrogen) atoms. The fourth-order valence-corrected chi connectivity index (χ4v) is 2.09. The lowest BCUT2D eigenvalue weighted by molar-refractivity contribution is -0.385. The van der Waals surface area contributed by atoms with Gasteiger partial charge in [0.1, 0.15) is 18.1 Å². The summed E-state index contributed by atoms with van der Waals surface area (Å²) < 4.78 is 15.1. The molecule has 1 fully saturated rings. The van der Waals surface area contributed by atoms with E-state index < -0.39 is 17.1 Å². The molecule has 1 aromatic rings. The molecule has 6 nitrogen and oxygen atoms in total. The van der Waals surface area contributed by atoms with Gasteiger partial charge in [0, 0.05) is 13.1 Å². The molecule has 7 heteroatoms. The number of aromatic nitrogens is 2. The van der Waals surface area contributed by atoms with Crippen LogP contribution >= 0.6 is 0 Å². The fourth-order valence-electron chi connectivity index (χ4n) is 2.09. The molecule has 2 heterocycles. The van der Waals surface area contributed by atoms with Gasteiger partial charge in [-0.2, -0.15) is 5.10 Å². The van der Waals surface area contributed by atoms with Crippen LogP contribution in [0.2, 0.25) is 0 Å². The molecule has 0 radical (unpaired) electrons. The van der Waals surface area contributed by atoms with Crippen LogP contribution in [-0.4, -0.2) is 45.9 Å². The molecule has 0 saturated carbocycles. The Balaban J connectivity index is 2.31. The van der Waals surface area contributed by atoms with Gasteiger partial charge in [-0.15, -0.1) is 0 Å². The van der Waals surface area contributed by atoms with E-state index in [1.807, 2.05) is 11.9 Å². The number of hydrogen-bond donors (Lipinski definition) is 0. The highest BCUT2D eigenvalue weighted by molar-refractivity contribution is 5.32. The second kappa shape index (κ2) is 3.82. The smallest absolute Gasteiger partial charge is 0.301 e. The van der Waals surface area contributed by atoms with Crippen LogP contribution < -0.4 is 0 Å². The van der Waals surface area contributed by atoms with Crippen LogP contribution in [0.25, 0.3) is 0 Å². The predicted octanol–water partition coefficient (Wildman–Crippen LogP) is 0.924. The Morgan fingerprint density at radius 1 is 1.62 bits per heavy atom. The fraction of sp³-hybridized carbons (Fsp3) is 0.667. The van der Waals surface area contributed by atoms with Crippen molar-refractivity contribution in [3.8, 4) is 0 Å². The van der Waals surface area contributed by atoms with E-state index in [1.165, 1.54) is 10.9 Å². The Hall–Kier alpha value is -1.50. The van der Waals surface area contributed by atoms with Gasteiger partial charge in [0.25, 0.3) is 0 Å². The zero-order valence-corrected chi connectivity index (χ0v) is 9.13. The standard InChI is InChI=1S/C9H13FN4O2/c1-6-8(14(15)16)3-11-13(6)9-5-12(2)4-7(9)10/h3,7,9H,4-5H2,1-2H3. The van der Waals surface area contributed by atoms with Gasteiger partial charge in [0.2, 0.25) is 0 Å². The second-order valence-electron chi connectivity index (χ2n) is 4.12. The average molecular weight is 228 g/mol. The van der Waals surface area contributed by atoms with Crippen LogP contribution in [-0.2, 0) is 0 Å². The van der Waals surface area contributed by atoms with Crippen LogP contribution in [0.3, 0.4) is 0 Å². The second-order valence-corrected chi connectivity index (χ2v) is 4.12. The van der Waals surface area contributed by atoms with Gasteiger partial charge in [0.15, 0.2) is 0 Å².